The number of carbonyl (C=O) groups excluding carboxylic acids is 1. The predicted molar refractivity (Wildman–Crippen MR) is 68.6 cm³/mol. The molecule has 0 aromatic carbocycles. The molecule has 0 bridgehead atoms. The fraction of sp³-hybridized carbons (Fsp3) is 0.250. The van der Waals surface area contributed by atoms with E-state index < -0.39 is 5.97 Å². The van der Waals surface area contributed by atoms with Gasteiger partial charge in [-0.15, -0.1) is 0 Å². The Morgan fingerprint density at radius 2 is 2.26 bits per heavy atom. The van der Waals surface area contributed by atoms with Crippen molar-refractivity contribution in [1.82, 2.24) is 9.97 Å². The van der Waals surface area contributed by atoms with Crippen LogP contribution in [0.5, 0.6) is 0 Å². The zero-order chi connectivity index (χ0) is 13.8. The van der Waals surface area contributed by atoms with Crippen molar-refractivity contribution in [2.75, 3.05) is 18.2 Å². The zero-order valence-corrected chi connectivity index (χ0v) is 10.6. The summed E-state index contributed by atoms with van der Waals surface area (Å²) in [6.07, 6.45) is 3.03. The molecule has 0 saturated heterocycles. The predicted octanol–water partition coefficient (Wildman–Crippen LogP) is 1.36. The third-order valence-electron chi connectivity index (χ3n) is 2.43. The van der Waals surface area contributed by atoms with Crippen molar-refractivity contribution >= 4 is 17.5 Å². The van der Waals surface area contributed by atoms with Crippen molar-refractivity contribution in [2.45, 2.75) is 13.5 Å². The summed E-state index contributed by atoms with van der Waals surface area (Å²) in [6.45, 7) is 2.18. The van der Waals surface area contributed by atoms with Gasteiger partial charge in [0.05, 0.1) is 37.3 Å². The Balaban J connectivity index is 2.10. The van der Waals surface area contributed by atoms with Crippen molar-refractivity contribution in [1.29, 1.82) is 0 Å². The Labute approximate surface area is 109 Å². The lowest BCUT2D eigenvalue weighted by atomic mass is 10.2. The van der Waals surface area contributed by atoms with Gasteiger partial charge in [-0.05, 0) is 13.0 Å². The fourth-order valence-corrected chi connectivity index (χ4v) is 1.50. The number of carbonyl (C=O) groups is 1. The molecule has 0 saturated carbocycles. The second-order valence-corrected chi connectivity index (χ2v) is 3.87. The van der Waals surface area contributed by atoms with Crippen LogP contribution < -0.4 is 11.1 Å². The van der Waals surface area contributed by atoms with E-state index in [1.165, 1.54) is 19.4 Å². The molecular formula is C12H14N4O3. The van der Waals surface area contributed by atoms with Crippen LogP contribution in [0.2, 0.25) is 0 Å². The zero-order valence-electron chi connectivity index (χ0n) is 10.6. The second-order valence-electron chi connectivity index (χ2n) is 3.87. The minimum atomic E-state index is -0.505. The number of nitrogen functional groups attached to an aromatic ring is 1. The van der Waals surface area contributed by atoms with E-state index in [0.29, 0.717) is 18.3 Å². The van der Waals surface area contributed by atoms with Gasteiger partial charge in [0, 0.05) is 0 Å². The van der Waals surface area contributed by atoms with Crippen LogP contribution in [0.25, 0.3) is 0 Å². The molecule has 2 aromatic rings. The molecule has 0 amide bonds. The van der Waals surface area contributed by atoms with E-state index in [1.807, 2.05) is 6.92 Å². The first-order valence-corrected chi connectivity index (χ1v) is 5.59. The molecule has 19 heavy (non-hydrogen) atoms. The van der Waals surface area contributed by atoms with Crippen LogP contribution in [-0.2, 0) is 11.3 Å². The molecule has 7 nitrogen and oxygen atoms in total. The molecule has 0 aliphatic carbocycles. The number of rotatable bonds is 4. The van der Waals surface area contributed by atoms with Crippen molar-refractivity contribution in [3.05, 3.63) is 35.7 Å². The van der Waals surface area contributed by atoms with Gasteiger partial charge in [0.2, 0.25) is 5.89 Å². The first-order chi connectivity index (χ1) is 9.10. The van der Waals surface area contributed by atoms with Gasteiger partial charge in [-0.2, -0.15) is 0 Å². The molecular weight excluding hydrogens is 248 g/mol. The molecule has 2 heterocycles. The standard InChI is InChI=1S/C12H14N4O3/c1-7-4-16-11(19-7)6-15-10-3-8(12(17)18-2)9(13)5-14-10/h3-5H,6,13H2,1-2H3,(H,14,15). The summed E-state index contributed by atoms with van der Waals surface area (Å²) in [5.74, 6) is 1.26. The van der Waals surface area contributed by atoms with Crippen molar-refractivity contribution in [3.63, 3.8) is 0 Å². The van der Waals surface area contributed by atoms with Gasteiger partial charge in [-0.1, -0.05) is 0 Å². The quantitative estimate of drug-likeness (QED) is 0.801. The highest BCUT2D eigenvalue weighted by Crippen LogP contribution is 2.16. The minimum Gasteiger partial charge on any atom is -0.465 e. The fourth-order valence-electron chi connectivity index (χ4n) is 1.50. The van der Waals surface area contributed by atoms with Crippen LogP contribution >= 0.6 is 0 Å². The number of nitrogens with one attached hydrogen (secondary N) is 1. The number of nitrogens with two attached hydrogens (primary N) is 1. The van der Waals surface area contributed by atoms with Crippen LogP contribution in [0.15, 0.2) is 22.9 Å². The van der Waals surface area contributed by atoms with Crippen LogP contribution in [0.4, 0.5) is 11.5 Å². The van der Waals surface area contributed by atoms with E-state index in [-0.39, 0.29) is 11.3 Å². The normalized spacial score (nSPS) is 10.2. The first-order valence-electron chi connectivity index (χ1n) is 5.59. The molecule has 0 aliphatic rings. The summed E-state index contributed by atoms with van der Waals surface area (Å²) in [7, 11) is 1.30. The lowest BCUT2D eigenvalue weighted by molar-refractivity contribution is 0.0602. The van der Waals surface area contributed by atoms with Crippen LogP contribution in [0.3, 0.4) is 0 Å². The number of pyridine rings is 1. The average Bonchev–Trinajstić information content (AvgIpc) is 2.83. The first kappa shape index (κ1) is 12.9. The maximum absolute atomic E-state index is 11.5. The Kier molecular flexibility index (Phi) is 3.65. The Morgan fingerprint density at radius 3 is 2.89 bits per heavy atom. The molecule has 7 heteroatoms. The van der Waals surface area contributed by atoms with E-state index >= 15 is 0 Å². The van der Waals surface area contributed by atoms with Gasteiger partial charge < -0.3 is 20.2 Å². The molecule has 0 spiro atoms. The van der Waals surface area contributed by atoms with Gasteiger partial charge >= 0.3 is 5.97 Å². The second kappa shape index (κ2) is 5.38. The summed E-state index contributed by atoms with van der Waals surface area (Å²) in [5, 5.41) is 2.99. The van der Waals surface area contributed by atoms with Gasteiger partial charge in [-0.3, -0.25) is 0 Å². The lowest BCUT2D eigenvalue weighted by Crippen LogP contribution is -2.09. The highest BCUT2D eigenvalue weighted by molar-refractivity contribution is 5.95. The Morgan fingerprint density at radius 1 is 1.47 bits per heavy atom. The number of anilines is 2. The minimum absolute atomic E-state index is 0.267. The van der Waals surface area contributed by atoms with E-state index in [2.05, 4.69) is 20.0 Å². The topological polar surface area (TPSA) is 103 Å². The van der Waals surface area contributed by atoms with Crippen LogP contribution in [-0.4, -0.2) is 23.0 Å². The Bertz CT molecular complexity index is 594. The number of nitrogens with zero attached hydrogens (tertiary/aromatic N) is 2. The highest BCUT2D eigenvalue weighted by atomic mass is 16.5. The van der Waals surface area contributed by atoms with Crippen LogP contribution in [0, 0.1) is 6.92 Å². The van der Waals surface area contributed by atoms with Gasteiger partial charge in [0.1, 0.15) is 11.6 Å². The third-order valence-corrected chi connectivity index (χ3v) is 2.43. The van der Waals surface area contributed by atoms with Crippen molar-refractivity contribution < 1.29 is 13.9 Å². The number of hydrogen-bond donors (Lipinski definition) is 2. The van der Waals surface area contributed by atoms with E-state index in [1.54, 1.807) is 6.20 Å². The number of esters is 1. The number of ether oxygens (including phenoxy) is 1. The summed E-state index contributed by atoms with van der Waals surface area (Å²) in [4.78, 5) is 19.6. The largest absolute Gasteiger partial charge is 0.465 e. The Hall–Kier alpha value is -2.57. The molecule has 0 aliphatic heterocycles. The summed E-state index contributed by atoms with van der Waals surface area (Å²) in [5.41, 5.74) is 6.19. The van der Waals surface area contributed by atoms with E-state index in [9.17, 15) is 4.79 Å². The third kappa shape index (κ3) is 3.01. The smallest absolute Gasteiger partial charge is 0.340 e. The number of hydrogen-bond acceptors (Lipinski definition) is 7. The summed E-state index contributed by atoms with van der Waals surface area (Å²) >= 11 is 0. The number of methoxy groups -OCH3 is 1. The molecule has 0 fully saturated rings. The number of oxazole rings is 1. The van der Waals surface area contributed by atoms with E-state index in [0.717, 1.165) is 5.76 Å². The maximum Gasteiger partial charge on any atom is 0.340 e. The number of aryl methyl sites for hydroxylation is 1. The molecule has 0 atom stereocenters. The molecule has 100 valence electrons. The van der Waals surface area contributed by atoms with Gasteiger partial charge in [-0.25, -0.2) is 14.8 Å². The van der Waals surface area contributed by atoms with Crippen molar-refractivity contribution in [3.8, 4) is 0 Å². The van der Waals surface area contributed by atoms with E-state index in [4.69, 9.17) is 10.2 Å². The molecule has 0 radical (unpaired) electrons. The highest BCUT2D eigenvalue weighted by Gasteiger charge is 2.11. The molecule has 0 unspecified atom stereocenters. The van der Waals surface area contributed by atoms with Crippen LogP contribution in [0.1, 0.15) is 22.0 Å². The average molecular weight is 262 g/mol. The molecule has 2 aromatic heterocycles. The molecule has 2 rings (SSSR count). The van der Waals surface area contributed by atoms with Gasteiger partial charge in [0.25, 0.3) is 0 Å². The monoisotopic (exact) mass is 262 g/mol. The van der Waals surface area contributed by atoms with Gasteiger partial charge in [0.15, 0.2) is 0 Å². The SMILES string of the molecule is COC(=O)c1cc(NCc2ncc(C)o2)ncc1N. The van der Waals surface area contributed by atoms with Crippen molar-refractivity contribution in [2.24, 2.45) is 0 Å². The summed E-state index contributed by atoms with van der Waals surface area (Å²) < 4.78 is 9.94. The number of aromatic nitrogens is 2. The maximum atomic E-state index is 11.5. The molecule has 3 N–H and O–H groups in total. The lowest BCUT2D eigenvalue weighted by Gasteiger charge is -2.07. The summed E-state index contributed by atoms with van der Waals surface area (Å²) in [6, 6.07) is 1.52.